The van der Waals surface area contributed by atoms with Crippen LogP contribution < -0.4 is 16.8 Å². The molecule has 0 saturated heterocycles. The van der Waals surface area contributed by atoms with Gasteiger partial charge in [0.05, 0.1) is 11.4 Å². The number of benzene rings is 1. The quantitative estimate of drug-likeness (QED) is 0.235. The van der Waals surface area contributed by atoms with Crippen LogP contribution in [0.2, 0.25) is 0 Å². The minimum Gasteiger partial charge on any atom is -0.382 e. The molecule has 3 rings (SSSR count). The molecule has 0 amide bonds. The van der Waals surface area contributed by atoms with Gasteiger partial charge in [0.25, 0.3) is 0 Å². The summed E-state index contributed by atoms with van der Waals surface area (Å²) in [5, 5.41) is 16.9. The van der Waals surface area contributed by atoms with E-state index >= 15 is 0 Å². The fourth-order valence-corrected chi connectivity index (χ4v) is 2.99. The van der Waals surface area contributed by atoms with Gasteiger partial charge >= 0.3 is 0 Å². The van der Waals surface area contributed by atoms with Crippen LogP contribution in [0.4, 0.5) is 10.2 Å². The van der Waals surface area contributed by atoms with Crippen molar-refractivity contribution in [3.8, 4) is 11.8 Å². The third-order valence-electron chi connectivity index (χ3n) is 4.82. The number of halogens is 2. The Morgan fingerprint density at radius 2 is 2.07 bits per heavy atom. The molecule has 150 valence electrons. The number of nitriles is 1. The van der Waals surface area contributed by atoms with E-state index in [1.165, 1.54) is 36.1 Å². The van der Waals surface area contributed by atoms with E-state index in [1.807, 2.05) is 0 Å². The van der Waals surface area contributed by atoms with Crippen molar-refractivity contribution in [1.29, 1.82) is 5.26 Å². The Bertz CT molecular complexity index is 850. The highest BCUT2D eigenvalue weighted by Gasteiger charge is 2.17. The van der Waals surface area contributed by atoms with Crippen LogP contribution in [-0.4, -0.2) is 28.8 Å². The van der Waals surface area contributed by atoms with Crippen molar-refractivity contribution in [3.63, 3.8) is 0 Å². The molecular formula is C19H25FIN7. The zero-order valence-corrected chi connectivity index (χ0v) is 17.9. The Morgan fingerprint density at radius 3 is 2.68 bits per heavy atom. The van der Waals surface area contributed by atoms with E-state index in [0.29, 0.717) is 41.8 Å². The molecule has 0 unspecified atom stereocenters. The van der Waals surface area contributed by atoms with Crippen molar-refractivity contribution in [1.82, 2.24) is 15.1 Å². The topological polar surface area (TPSA) is 118 Å². The maximum absolute atomic E-state index is 13.1. The summed E-state index contributed by atoms with van der Waals surface area (Å²) in [6.07, 6.45) is 5.08. The highest BCUT2D eigenvalue weighted by molar-refractivity contribution is 14.0. The fraction of sp³-hybridized carbons (Fsp3) is 0.421. The van der Waals surface area contributed by atoms with E-state index in [4.69, 9.17) is 11.5 Å². The number of guanidine groups is 1. The van der Waals surface area contributed by atoms with Crippen LogP contribution in [0.1, 0.15) is 36.9 Å². The predicted molar refractivity (Wildman–Crippen MR) is 118 cm³/mol. The molecule has 1 aromatic heterocycles. The molecule has 0 radical (unpaired) electrons. The summed E-state index contributed by atoms with van der Waals surface area (Å²) in [7, 11) is 0. The summed E-state index contributed by atoms with van der Waals surface area (Å²) >= 11 is 0. The van der Waals surface area contributed by atoms with Crippen LogP contribution in [0.3, 0.4) is 0 Å². The Hall–Kier alpha value is -2.35. The zero-order chi connectivity index (χ0) is 19.2. The highest BCUT2D eigenvalue weighted by Crippen LogP contribution is 2.26. The summed E-state index contributed by atoms with van der Waals surface area (Å²) in [5.41, 5.74) is 13.5. The van der Waals surface area contributed by atoms with Crippen molar-refractivity contribution in [3.05, 3.63) is 41.3 Å². The molecule has 7 nitrogen and oxygen atoms in total. The van der Waals surface area contributed by atoms with E-state index in [1.54, 1.807) is 12.1 Å². The molecule has 1 heterocycles. The zero-order valence-electron chi connectivity index (χ0n) is 15.6. The molecule has 28 heavy (non-hydrogen) atoms. The molecule has 1 aliphatic rings. The molecule has 0 atom stereocenters. The van der Waals surface area contributed by atoms with Crippen molar-refractivity contribution in [2.24, 2.45) is 16.6 Å². The molecule has 1 saturated carbocycles. The van der Waals surface area contributed by atoms with Gasteiger partial charge in [-0.15, -0.1) is 24.0 Å². The van der Waals surface area contributed by atoms with Crippen LogP contribution in [0, 0.1) is 23.1 Å². The first-order valence-electron chi connectivity index (χ1n) is 9.15. The van der Waals surface area contributed by atoms with E-state index in [0.717, 1.165) is 13.0 Å². The summed E-state index contributed by atoms with van der Waals surface area (Å²) in [6.45, 7) is 1.42. The fourth-order valence-electron chi connectivity index (χ4n) is 2.99. The number of nitrogens with two attached hydrogens (primary N) is 2. The van der Waals surface area contributed by atoms with Gasteiger partial charge in [-0.2, -0.15) is 10.4 Å². The molecule has 0 bridgehead atoms. The van der Waals surface area contributed by atoms with Gasteiger partial charge in [0.1, 0.15) is 23.3 Å². The number of aliphatic imine (C=N–C) groups is 1. The first kappa shape index (κ1) is 21.9. The SMILES string of the molecule is I.N#Cc1c(CCCNC(N)=NCC2CCC2)nn(-c2ccc(F)cc2)c1N. The summed E-state index contributed by atoms with van der Waals surface area (Å²) in [6, 6.07) is 7.92. The lowest BCUT2D eigenvalue weighted by Crippen LogP contribution is -2.33. The molecule has 9 heteroatoms. The summed E-state index contributed by atoms with van der Waals surface area (Å²) < 4.78 is 14.6. The largest absolute Gasteiger partial charge is 0.382 e. The molecule has 1 fully saturated rings. The van der Waals surface area contributed by atoms with Crippen molar-refractivity contribution < 1.29 is 4.39 Å². The van der Waals surface area contributed by atoms with Gasteiger partial charge < -0.3 is 16.8 Å². The average Bonchev–Trinajstić information content (AvgIpc) is 2.93. The number of nitrogen functional groups attached to an aromatic ring is 1. The Balaban J connectivity index is 0.00000280. The molecule has 0 aliphatic heterocycles. The van der Waals surface area contributed by atoms with Gasteiger partial charge in [0.2, 0.25) is 0 Å². The molecule has 1 aliphatic carbocycles. The van der Waals surface area contributed by atoms with Crippen molar-refractivity contribution >= 4 is 35.8 Å². The van der Waals surface area contributed by atoms with E-state index in [2.05, 4.69) is 21.5 Å². The van der Waals surface area contributed by atoms with Crippen LogP contribution in [0.5, 0.6) is 0 Å². The van der Waals surface area contributed by atoms with Crippen LogP contribution >= 0.6 is 24.0 Å². The van der Waals surface area contributed by atoms with Crippen molar-refractivity contribution in [2.75, 3.05) is 18.8 Å². The summed E-state index contributed by atoms with van der Waals surface area (Å²) in [4.78, 5) is 4.35. The van der Waals surface area contributed by atoms with Gasteiger partial charge in [-0.1, -0.05) is 6.42 Å². The molecule has 5 N–H and O–H groups in total. The Morgan fingerprint density at radius 1 is 1.36 bits per heavy atom. The van der Waals surface area contributed by atoms with Gasteiger partial charge in [0, 0.05) is 13.1 Å². The number of nitrogens with one attached hydrogen (secondary N) is 1. The van der Waals surface area contributed by atoms with Gasteiger partial charge in [0.15, 0.2) is 5.96 Å². The number of hydrogen-bond acceptors (Lipinski definition) is 4. The maximum atomic E-state index is 13.1. The number of rotatable bonds is 7. The second-order valence-corrected chi connectivity index (χ2v) is 6.76. The number of nitrogens with zero attached hydrogens (tertiary/aromatic N) is 4. The number of anilines is 1. The standard InChI is InChI=1S/C19H24FN7.HI/c20-14-6-8-15(9-7-14)27-18(22)16(11-21)17(26-27)5-2-10-24-19(23)25-12-13-3-1-4-13;/h6-9,13H,1-5,10,12,22H2,(H3,23,24,25);1H. The normalized spacial score (nSPS) is 14.1. The van der Waals surface area contributed by atoms with Crippen LogP contribution in [0.15, 0.2) is 29.3 Å². The second-order valence-electron chi connectivity index (χ2n) is 6.76. The average molecular weight is 497 g/mol. The van der Waals surface area contributed by atoms with Crippen LogP contribution in [0.25, 0.3) is 5.69 Å². The van der Waals surface area contributed by atoms with E-state index in [9.17, 15) is 9.65 Å². The lowest BCUT2D eigenvalue weighted by atomic mass is 9.86. The molecule has 2 aromatic rings. The predicted octanol–water partition coefficient (Wildman–Crippen LogP) is 2.72. The third-order valence-corrected chi connectivity index (χ3v) is 4.82. The monoisotopic (exact) mass is 497 g/mol. The summed E-state index contributed by atoms with van der Waals surface area (Å²) in [5.74, 6) is 1.06. The number of hydrogen-bond donors (Lipinski definition) is 3. The molecular weight excluding hydrogens is 472 g/mol. The number of aryl methyl sites for hydroxylation is 1. The van der Waals surface area contributed by atoms with Crippen molar-refractivity contribution in [2.45, 2.75) is 32.1 Å². The second kappa shape index (κ2) is 10.3. The third kappa shape index (κ3) is 5.34. The first-order chi connectivity index (χ1) is 13.1. The highest BCUT2D eigenvalue weighted by atomic mass is 127. The molecule has 1 aromatic carbocycles. The van der Waals surface area contributed by atoms with Gasteiger partial charge in [-0.25, -0.2) is 9.07 Å². The van der Waals surface area contributed by atoms with Gasteiger partial charge in [-0.05, 0) is 55.9 Å². The lowest BCUT2D eigenvalue weighted by Gasteiger charge is -2.23. The van der Waals surface area contributed by atoms with Crippen LogP contribution in [-0.2, 0) is 6.42 Å². The van der Waals surface area contributed by atoms with E-state index in [-0.39, 0.29) is 35.6 Å². The maximum Gasteiger partial charge on any atom is 0.188 e. The minimum absolute atomic E-state index is 0. The molecule has 0 spiro atoms. The lowest BCUT2D eigenvalue weighted by molar-refractivity contribution is 0.326. The smallest absolute Gasteiger partial charge is 0.188 e. The first-order valence-corrected chi connectivity index (χ1v) is 9.15. The Kier molecular flexibility index (Phi) is 8.04. The van der Waals surface area contributed by atoms with Gasteiger partial charge in [-0.3, -0.25) is 4.99 Å². The Labute approximate surface area is 181 Å². The minimum atomic E-state index is -0.340. The number of aromatic nitrogens is 2. The van der Waals surface area contributed by atoms with E-state index < -0.39 is 0 Å².